The van der Waals surface area contributed by atoms with Crippen LogP contribution in [-0.4, -0.2) is 165 Å². The van der Waals surface area contributed by atoms with Gasteiger partial charge in [0.1, 0.15) is 48.0 Å². The van der Waals surface area contributed by atoms with E-state index in [1.54, 1.807) is 6.08 Å². The molecule has 1 saturated heterocycles. The van der Waals surface area contributed by atoms with Gasteiger partial charge < -0.3 is 74.6 Å². The highest BCUT2D eigenvalue weighted by atomic mass is 16.4. The van der Waals surface area contributed by atoms with Crippen LogP contribution in [0.4, 0.5) is 0 Å². The smallest absolute Gasteiger partial charge is 0.305 e. The number of allylic oxidation sites excluding steroid dienone is 1. The maximum atomic E-state index is 14.4. The number of phenols is 1. The summed E-state index contributed by atoms with van der Waals surface area (Å²) in [5, 5.41) is 48.0. The van der Waals surface area contributed by atoms with E-state index < -0.39 is 127 Å². The predicted molar refractivity (Wildman–Crippen MR) is 304 cm³/mol. The lowest BCUT2D eigenvalue weighted by Gasteiger charge is -2.31. The van der Waals surface area contributed by atoms with Gasteiger partial charge in [-0.2, -0.15) is 0 Å². The topological polar surface area (TPSA) is 431 Å². The number of carbonyl (C=O) groups excluding carboxylic acids is 10. The maximum Gasteiger partial charge on any atom is 0.305 e. The van der Waals surface area contributed by atoms with Crippen molar-refractivity contribution in [3.63, 3.8) is 0 Å². The lowest BCUT2D eigenvalue weighted by molar-refractivity contribution is -0.146. The Morgan fingerprint density at radius 2 is 1.20 bits per heavy atom. The average molecular weight is 1170 g/mol. The minimum Gasteiger partial charge on any atom is -0.508 e. The number of aliphatic carboxylic acids is 2. The molecule has 26 heteroatoms. The fourth-order valence-electron chi connectivity index (χ4n) is 9.87. The van der Waals surface area contributed by atoms with E-state index in [1.165, 1.54) is 24.3 Å². The molecule has 462 valence electrons. The number of likely N-dealkylation sites (tertiary alicyclic amines) is 1. The first-order valence-corrected chi connectivity index (χ1v) is 28.6. The van der Waals surface area contributed by atoms with Crippen molar-refractivity contribution in [1.29, 1.82) is 0 Å². The normalized spacial score (nSPS) is 17.5. The first-order chi connectivity index (χ1) is 39.0. The number of carbonyl (C=O) groups is 12. The van der Waals surface area contributed by atoms with E-state index in [9.17, 15) is 72.9 Å². The van der Waals surface area contributed by atoms with Crippen molar-refractivity contribution >= 4 is 70.8 Å². The number of nitrogens with zero attached hydrogens (tertiary/aromatic N) is 1. The predicted octanol–water partition coefficient (Wildman–Crippen LogP) is -0.148. The molecule has 1 heterocycles. The van der Waals surface area contributed by atoms with E-state index in [-0.39, 0.29) is 118 Å². The van der Waals surface area contributed by atoms with Gasteiger partial charge in [-0.15, -0.1) is 0 Å². The van der Waals surface area contributed by atoms with Gasteiger partial charge in [0.05, 0.1) is 18.0 Å². The molecule has 0 unspecified atom stereocenters. The molecular formula is C57H89N11O15. The number of rotatable bonds is 36. The van der Waals surface area contributed by atoms with E-state index in [1.807, 2.05) is 41.5 Å². The van der Waals surface area contributed by atoms with Crippen molar-refractivity contribution in [2.24, 2.45) is 34.5 Å². The summed E-state index contributed by atoms with van der Waals surface area (Å²) in [6.45, 7) is 12.0. The van der Waals surface area contributed by atoms with Gasteiger partial charge in [0, 0.05) is 38.8 Å². The van der Waals surface area contributed by atoms with Crippen molar-refractivity contribution < 1.29 is 72.9 Å². The third kappa shape index (κ3) is 24.6. The summed E-state index contributed by atoms with van der Waals surface area (Å²) in [7, 11) is 0. The van der Waals surface area contributed by atoms with Crippen molar-refractivity contribution in [1.82, 2.24) is 42.1 Å². The zero-order valence-electron chi connectivity index (χ0n) is 48.7. The van der Waals surface area contributed by atoms with Crippen LogP contribution >= 0.6 is 0 Å². The van der Waals surface area contributed by atoms with Crippen molar-refractivity contribution in [3.8, 4) is 5.75 Å². The van der Waals surface area contributed by atoms with Gasteiger partial charge in [-0.25, -0.2) is 0 Å². The molecule has 0 spiro atoms. The van der Waals surface area contributed by atoms with Crippen LogP contribution in [0.5, 0.6) is 5.75 Å². The second-order valence-corrected chi connectivity index (χ2v) is 23.2. The van der Waals surface area contributed by atoms with Crippen molar-refractivity contribution in [3.05, 3.63) is 41.5 Å². The molecule has 0 bridgehead atoms. The van der Waals surface area contributed by atoms with Gasteiger partial charge in [0.25, 0.3) is 0 Å². The van der Waals surface area contributed by atoms with Gasteiger partial charge in [-0.3, -0.25) is 57.5 Å². The summed E-state index contributed by atoms with van der Waals surface area (Å²) in [5.74, 6) is -10.3. The molecule has 16 N–H and O–H groups in total. The molecule has 1 aliphatic carbocycles. The van der Waals surface area contributed by atoms with Gasteiger partial charge in [0.2, 0.25) is 47.3 Å². The monoisotopic (exact) mass is 1170 g/mol. The van der Waals surface area contributed by atoms with Crippen LogP contribution in [0.2, 0.25) is 0 Å². The molecule has 8 atom stereocenters. The minimum absolute atomic E-state index is 0.0122. The zero-order valence-corrected chi connectivity index (χ0v) is 48.7. The molecule has 8 amide bonds. The average Bonchev–Trinajstić information content (AvgIpc) is 4.11. The van der Waals surface area contributed by atoms with Crippen LogP contribution in [0.25, 0.3) is 0 Å². The minimum atomic E-state index is -1.83. The Kier molecular flexibility index (Phi) is 28.9. The molecule has 1 aromatic carbocycles. The largest absolute Gasteiger partial charge is 0.508 e. The number of benzene rings is 1. The van der Waals surface area contributed by atoms with Gasteiger partial charge in [-0.05, 0) is 119 Å². The van der Waals surface area contributed by atoms with E-state index in [4.69, 9.17) is 17.2 Å². The number of aromatic hydroxyl groups is 1. The second-order valence-electron chi connectivity index (χ2n) is 23.2. The number of unbranched alkanes of at least 4 members (excludes halogenated alkanes) is 2. The maximum absolute atomic E-state index is 14.4. The van der Waals surface area contributed by atoms with Crippen LogP contribution in [0.1, 0.15) is 143 Å². The van der Waals surface area contributed by atoms with E-state index in [0.717, 1.165) is 4.90 Å². The number of Topliss-reactive ketones (excluding diaryl/α,β-unsaturated/α-hetero) is 2. The Hall–Kier alpha value is -7.32. The molecule has 0 aromatic heterocycles. The summed E-state index contributed by atoms with van der Waals surface area (Å²) < 4.78 is 0. The number of carboxylic acid groups (broad SMARTS) is 2. The summed E-state index contributed by atoms with van der Waals surface area (Å²) in [6.07, 6.45) is 2.55. The van der Waals surface area contributed by atoms with Crippen LogP contribution in [0.3, 0.4) is 0 Å². The Bertz CT molecular complexity index is 2460. The Morgan fingerprint density at radius 1 is 0.675 bits per heavy atom. The fraction of sp³-hybridized carbons (Fsp3) is 0.649. The summed E-state index contributed by atoms with van der Waals surface area (Å²) in [6, 6.07) is -5.35. The Labute approximate surface area is 484 Å². The van der Waals surface area contributed by atoms with E-state index in [2.05, 4.69) is 37.2 Å². The summed E-state index contributed by atoms with van der Waals surface area (Å²) in [5.41, 5.74) is 17.7. The first kappa shape index (κ1) is 69.9. The molecule has 1 saturated carbocycles. The molecule has 0 radical (unpaired) electrons. The molecule has 2 fully saturated rings. The molecule has 3 rings (SSSR count). The number of carboxylic acids is 2. The lowest BCUT2D eigenvalue weighted by Crippen LogP contribution is -2.60. The molecule has 2 aliphatic rings. The van der Waals surface area contributed by atoms with Gasteiger partial charge in [-0.1, -0.05) is 59.8 Å². The van der Waals surface area contributed by atoms with Crippen molar-refractivity contribution in [2.75, 3.05) is 26.2 Å². The number of nitrogens with two attached hydrogens (primary N) is 3. The lowest BCUT2D eigenvalue weighted by atomic mass is 9.74. The SMILES string of the molecule is CC(C)C[C@H](NC(=O)[C@@H](CCCCN)NC(=O)[C@@H]1CCCN1C(=O)[C@@H](CC(=O)O)NC(=O)[C@@H](Cc1ccc(O)cc1)NC(=O)[C@H](CCC(=O)O)NC(=O)[C@@H](N)CC(C)C)C(=O)N[C@@H](CCCCNCC=C1C(=O)CC(C)(C)CC1=O)C(N)=O. The first-order valence-electron chi connectivity index (χ1n) is 28.6. The van der Waals surface area contributed by atoms with Gasteiger partial charge in [0.15, 0.2) is 11.6 Å². The molecular weight excluding hydrogens is 1080 g/mol. The highest BCUT2D eigenvalue weighted by molar-refractivity contribution is 6.22. The number of hydrogen-bond donors (Lipinski definition) is 13. The van der Waals surface area contributed by atoms with Crippen LogP contribution in [-0.2, 0) is 64.0 Å². The third-order valence-electron chi connectivity index (χ3n) is 14.2. The number of amides is 8. The molecule has 1 aliphatic heterocycles. The molecule has 1 aromatic rings. The number of primary amides is 1. The van der Waals surface area contributed by atoms with E-state index in [0.29, 0.717) is 37.8 Å². The highest BCUT2D eigenvalue weighted by Gasteiger charge is 2.41. The second kappa shape index (κ2) is 34.3. The molecule has 26 nitrogen and oxygen atoms in total. The fourth-order valence-corrected chi connectivity index (χ4v) is 9.87. The van der Waals surface area contributed by atoms with Crippen LogP contribution in [0.15, 0.2) is 35.9 Å². The van der Waals surface area contributed by atoms with Crippen molar-refractivity contribution in [2.45, 2.75) is 193 Å². The van der Waals surface area contributed by atoms with Crippen LogP contribution in [0, 0.1) is 17.3 Å². The number of ketones is 2. The zero-order chi connectivity index (χ0) is 62.1. The van der Waals surface area contributed by atoms with Crippen LogP contribution < -0.4 is 54.4 Å². The number of hydrogen-bond acceptors (Lipinski definition) is 16. The summed E-state index contributed by atoms with van der Waals surface area (Å²) >= 11 is 0. The standard InChI is InChI=1S/C57H89N11O15/c1-32(2)26-37(59)50(77)63-40(19-20-47(72)73)52(79)66-42(28-34-15-17-35(69)18-16-34)54(81)67-43(29-48(74)75)56(83)68-25-11-14-44(68)55(82)64-39(13-7-9-22-58)51(78)65-41(27-33(3)4)53(80)62-38(49(60)76)12-8-10-23-61-24-21-36-45(70)30-57(5,6)31-46(36)71/h15-18,21,32-33,37-44,61,69H,7-14,19-20,22-31,58-59H2,1-6H3,(H2,60,76)(H,62,80)(H,63,77)(H,64,82)(H,65,78)(H,66,79)(H,67,81)(H,72,73)(H,74,75)/t37-,38-,39+,40-,41-,42+,43+,44-/m0/s1. The number of nitrogens with one attached hydrogen (secondary N) is 7. The van der Waals surface area contributed by atoms with E-state index >= 15 is 0 Å². The third-order valence-corrected chi connectivity index (χ3v) is 14.2. The Balaban J connectivity index is 1.79. The quantitative estimate of drug-likeness (QED) is 0.0236. The number of phenolic OH excluding ortho intramolecular Hbond substituents is 1. The molecule has 83 heavy (non-hydrogen) atoms. The van der Waals surface area contributed by atoms with Gasteiger partial charge >= 0.3 is 11.9 Å². The summed E-state index contributed by atoms with van der Waals surface area (Å²) in [4.78, 5) is 161. The highest BCUT2D eigenvalue weighted by Crippen LogP contribution is 2.33. The Morgan fingerprint density at radius 3 is 1.78 bits per heavy atom.